The van der Waals surface area contributed by atoms with Crippen molar-refractivity contribution in [2.45, 2.75) is 37.6 Å². The minimum atomic E-state index is 0.453. The second kappa shape index (κ2) is 9.08. The smallest absolute Gasteiger partial charge is 0.237 e. The van der Waals surface area contributed by atoms with Gasteiger partial charge in [0.15, 0.2) is 0 Å². The molecule has 154 valence electrons. The molecule has 0 spiro atoms. The van der Waals surface area contributed by atoms with Gasteiger partial charge in [0, 0.05) is 0 Å². The molecule has 2 aromatic carbocycles. The average molecular weight is 423 g/mol. The molecular formula is C21H22N6O2S. The number of ether oxygens (including phenoxy) is 1. The summed E-state index contributed by atoms with van der Waals surface area (Å²) in [4.78, 5) is 4.50. The number of rotatable bonds is 8. The van der Waals surface area contributed by atoms with Crippen LogP contribution in [0.2, 0.25) is 0 Å². The summed E-state index contributed by atoms with van der Waals surface area (Å²) in [5, 5.41) is 16.8. The number of hydrogen-bond donors (Lipinski definition) is 0. The monoisotopic (exact) mass is 422 g/mol. The summed E-state index contributed by atoms with van der Waals surface area (Å²) in [6, 6.07) is 15.9. The Hall–Kier alpha value is -3.20. The quantitative estimate of drug-likeness (QED) is 0.383. The van der Waals surface area contributed by atoms with Gasteiger partial charge in [0.1, 0.15) is 5.75 Å². The zero-order chi connectivity index (χ0) is 20.9. The van der Waals surface area contributed by atoms with E-state index in [1.807, 2.05) is 43.3 Å². The summed E-state index contributed by atoms with van der Waals surface area (Å²) in [6.45, 7) is 6.84. The van der Waals surface area contributed by atoms with Crippen LogP contribution in [0.5, 0.6) is 5.75 Å². The van der Waals surface area contributed by atoms with E-state index >= 15 is 0 Å². The maximum Gasteiger partial charge on any atom is 0.237 e. The fourth-order valence-electron chi connectivity index (χ4n) is 2.91. The fourth-order valence-corrected chi connectivity index (χ4v) is 3.64. The average Bonchev–Trinajstić information content (AvgIpc) is 3.42. The second-order valence-corrected chi connectivity index (χ2v) is 7.79. The van der Waals surface area contributed by atoms with E-state index in [1.165, 1.54) is 17.3 Å². The summed E-state index contributed by atoms with van der Waals surface area (Å²) in [7, 11) is 0. The Balaban J connectivity index is 1.48. The summed E-state index contributed by atoms with van der Waals surface area (Å²) in [5.74, 6) is 2.65. The molecule has 9 heteroatoms. The van der Waals surface area contributed by atoms with Gasteiger partial charge in [-0.15, -0.1) is 5.10 Å². The zero-order valence-electron chi connectivity index (χ0n) is 17.0. The Morgan fingerprint density at radius 2 is 1.90 bits per heavy atom. The van der Waals surface area contributed by atoms with Crippen LogP contribution in [0.4, 0.5) is 0 Å². The molecule has 0 bridgehead atoms. The first kappa shape index (κ1) is 20.1. The van der Waals surface area contributed by atoms with E-state index < -0.39 is 0 Å². The van der Waals surface area contributed by atoms with Gasteiger partial charge < -0.3 is 9.26 Å². The van der Waals surface area contributed by atoms with Crippen LogP contribution in [-0.4, -0.2) is 37.0 Å². The van der Waals surface area contributed by atoms with Crippen molar-refractivity contribution in [3.05, 3.63) is 60.0 Å². The third-order valence-corrected chi connectivity index (χ3v) is 5.37. The first-order valence-electron chi connectivity index (χ1n) is 9.72. The lowest BCUT2D eigenvalue weighted by Crippen LogP contribution is -2.00. The van der Waals surface area contributed by atoms with Gasteiger partial charge in [-0.05, 0) is 53.1 Å². The predicted molar refractivity (Wildman–Crippen MR) is 114 cm³/mol. The van der Waals surface area contributed by atoms with E-state index in [9.17, 15) is 0 Å². The molecule has 0 aliphatic heterocycles. The molecule has 0 unspecified atom stereocenters. The highest BCUT2D eigenvalue weighted by atomic mass is 32.2. The normalized spacial score (nSPS) is 11.2. The Morgan fingerprint density at radius 3 is 2.67 bits per heavy atom. The highest BCUT2D eigenvalue weighted by Crippen LogP contribution is 2.29. The third kappa shape index (κ3) is 4.35. The van der Waals surface area contributed by atoms with Crippen molar-refractivity contribution >= 4 is 11.8 Å². The molecule has 0 saturated carbocycles. The van der Waals surface area contributed by atoms with Crippen LogP contribution >= 0.6 is 11.8 Å². The lowest BCUT2D eigenvalue weighted by molar-refractivity contribution is 0.341. The van der Waals surface area contributed by atoms with Crippen LogP contribution in [0.1, 0.15) is 38.1 Å². The predicted octanol–water partition coefficient (Wildman–Crippen LogP) is 4.53. The molecule has 0 radical (unpaired) electrons. The van der Waals surface area contributed by atoms with Crippen LogP contribution < -0.4 is 4.74 Å². The first-order chi connectivity index (χ1) is 14.7. The molecule has 2 heterocycles. The number of benzene rings is 2. The van der Waals surface area contributed by atoms with Crippen LogP contribution in [0.3, 0.4) is 0 Å². The molecule has 8 nitrogen and oxygen atoms in total. The van der Waals surface area contributed by atoms with Gasteiger partial charge in [0.2, 0.25) is 16.9 Å². The van der Waals surface area contributed by atoms with E-state index in [-0.39, 0.29) is 0 Å². The molecule has 30 heavy (non-hydrogen) atoms. The van der Waals surface area contributed by atoms with Gasteiger partial charge in [-0.2, -0.15) is 9.67 Å². The van der Waals surface area contributed by atoms with Gasteiger partial charge in [-0.25, -0.2) is 0 Å². The fraction of sp³-hybridized carbons (Fsp3) is 0.286. The molecule has 0 amide bonds. The van der Waals surface area contributed by atoms with Crippen molar-refractivity contribution in [2.24, 2.45) is 0 Å². The molecule has 0 saturated heterocycles. The molecule has 2 aromatic heterocycles. The van der Waals surface area contributed by atoms with Crippen molar-refractivity contribution in [1.82, 2.24) is 30.3 Å². The maximum atomic E-state index is 5.65. The summed E-state index contributed by atoms with van der Waals surface area (Å²) < 4.78 is 12.8. The molecule has 0 N–H and O–H groups in total. The molecule has 0 aliphatic carbocycles. The van der Waals surface area contributed by atoms with Gasteiger partial charge in [0.05, 0.1) is 23.6 Å². The summed E-state index contributed by atoms with van der Waals surface area (Å²) >= 11 is 1.43. The van der Waals surface area contributed by atoms with Crippen molar-refractivity contribution < 1.29 is 9.26 Å². The molecule has 4 aromatic rings. The summed E-state index contributed by atoms with van der Waals surface area (Å²) in [6.07, 6.45) is 0. The summed E-state index contributed by atoms with van der Waals surface area (Å²) in [5.41, 5.74) is 2.98. The maximum absolute atomic E-state index is 5.65. The number of thioether (sulfide) groups is 1. The highest BCUT2D eigenvalue weighted by molar-refractivity contribution is 7.98. The van der Waals surface area contributed by atoms with E-state index in [1.54, 1.807) is 4.68 Å². The number of aromatic nitrogens is 6. The van der Waals surface area contributed by atoms with Crippen LogP contribution in [0, 0.1) is 0 Å². The third-order valence-electron chi connectivity index (χ3n) is 4.47. The van der Waals surface area contributed by atoms with E-state index in [0.717, 1.165) is 17.0 Å². The van der Waals surface area contributed by atoms with Gasteiger partial charge in [0.25, 0.3) is 0 Å². The Labute approximate surface area is 178 Å². The number of para-hydroxylation sites is 1. The van der Waals surface area contributed by atoms with Crippen molar-refractivity contribution in [2.75, 3.05) is 6.61 Å². The van der Waals surface area contributed by atoms with Crippen molar-refractivity contribution in [3.8, 4) is 22.8 Å². The van der Waals surface area contributed by atoms with Crippen LogP contribution in [-0.2, 0) is 5.75 Å². The number of hydrogen-bond acceptors (Lipinski definition) is 8. The number of tetrazole rings is 1. The van der Waals surface area contributed by atoms with Crippen molar-refractivity contribution in [3.63, 3.8) is 0 Å². The van der Waals surface area contributed by atoms with Gasteiger partial charge >= 0.3 is 0 Å². The lowest BCUT2D eigenvalue weighted by atomic mass is 10.0. The molecular weight excluding hydrogens is 400 g/mol. The largest absolute Gasteiger partial charge is 0.493 e. The highest BCUT2D eigenvalue weighted by Gasteiger charge is 2.15. The number of nitrogens with zero attached hydrogens (tertiary/aromatic N) is 6. The van der Waals surface area contributed by atoms with E-state index in [4.69, 9.17) is 9.26 Å². The Morgan fingerprint density at radius 1 is 1.10 bits per heavy atom. The minimum absolute atomic E-state index is 0.453. The molecule has 0 atom stereocenters. The Kier molecular flexibility index (Phi) is 6.08. The minimum Gasteiger partial charge on any atom is -0.493 e. The SMILES string of the molecule is CCOc1ccccc1-c1noc(CSc2nnnn2-c2ccc(C(C)C)cc2)n1. The topological polar surface area (TPSA) is 91.8 Å². The first-order valence-corrected chi connectivity index (χ1v) is 10.7. The van der Waals surface area contributed by atoms with Crippen molar-refractivity contribution in [1.29, 1.82) is 0 Å². The standard InChI is InChI=1S/C21H22N6O2S/c1-4-28-18-8-6-5-7-17(18)20-22-19(29-24-20)13-30-21-23-25-26-27(21)16-11-9-15(10-12-16)14(2)3/h5-12,14H,4,13H2,1-3H3. The molecule has 0 fully saturated rings. The van der Waals surface area contributed by atoms with Gasteiger partial charge in [-0.1, -0.05) is 55.0 Å². The Bertz CT molecular complexity index is 1110. The van der Waals surface area contributed by atoms with Crippen LogP contribution in [0.25, 0.3) is 17.1 Å². The lowest BCUT2D eigenvalue weighted by Gasteiger charge is -2.07. The zero-order valence-corrected chi connectivity index (χ0v) is 17.8. The van der Waals surface area contributed by atoms with E-state index in [0.29, 0.717) is 35.1 Å². The second-order valence-electron chi connectivity index (χ2n) is 6.85. The van der Waals surface area contributed by atoms with Crippen LogP contribution in [0.15, 0.2) is 58.2 Å². The van der Waals surface area contributed by atoms with E-state index in [2.05, 4.69) is 51.6 Å². The van der Waals surface area contributed by atoms with Gasteiger partial charge in [-0.3, -0.25) is 0 Å². The molecule has 4 rings (SSSR count). The molecule has 0 aliphatic rings.